The number of nitrogens with zero attached hydrogens (tertiary/aromatic N) is 1. The summed E-state index contributed by atoms with van der Waals surface area (Å²) in [5.41, 5.74) is 1.56. The summed E-state index contributed by atoms with van der Waals surface area (Å²) in [6.45, 7) is 3.72. The lowest BCUT2D eigenvalue weighted by Crippen LogP contribution is -2.07. The van der Waals surface area contributed by atoms with Crippen molar-refractivity contribution < 1.29 is 9.53 Å². The van der Waals surface area contributed by atoms with Gasteiger partial charge >= 0.3 is 5.97 Å². The molecule has 0 bridgehead atoms. The second kappa shape index (κ2) is 5.72. The third-order valence-corrected chi connectivity index (χ3v) is 2.17. The molecule has 0 N–H and O–H groups in total. The van der Waals surface area contributed by atoms with Gasteiger partial charge in [-0.2, -0.15) is 5.26 Å². The van der Waals surface area contributed by atoms with Gasteiger partial charge in [0, 0.05) is 0 Å². The molecule has 1 aromatic rings. The highest BCUT2D eigenvalue weighted by Crippen LogP contribution is 2.18. The zero-order chi connectivity index (χ0) is 12.0. The van der Waals surface area contributed by atoms with Gasteiger partial charge in [-0.3, -0.25) is 0 Å². The first-order valence-electron chi connectivity index (χ1n) is 5.04. The average molecular weight is 215 g/mol. The maximum Gasteiger partial charge on any atom is 0.349 e. The molecule has 3 nitrogen and oxygen atoms in total. The topological polar surface area (TPSA) is 50.1 Å². The molecule has 0 saturated heterocycles. The Hall–Kier alpha value is -2.08. The fraction of sp³-hybridized carbons (Fsp3) is 0.231. The lowest BCUT2D eigenvalue weighted by atomic mass is 10.0. The number of esters is 1. The number of nitriles is 1. The third-order valence-electron chi connectivity index (χ3n) is 2.17. The molecule has 0 saturated carbocycles. The fourth-order valence-electron chi connectivity index (χ4n) is 1.32. The van der Waals surface area contributed by atoms with Gasteiger partial charge in [0.15, 0.2) is 0 Å². The molecule has 0 aliphatic carbocycles. The van der Waals surface area contributed by atoms with Crippen LogP contribution in [0.5, 0.6) is 0 Å². The molecule has 0 amide bonds. The van der Waals surface area contributed by atoms with E-state index in [2.05, 4.69) is 0 Å². The number of hydrogen-bond donors (Lipinski definition) is 0. The zero-order valence-electron chi connectivity index (χ0n) is 9.36. The molecule has 16 heavy (non-hydrogen) atoms. The van der Waals surface area contributed by atoms with Crippen LogP contribution in [0.4, 0.5) is 0 Å². The second-order valence-corrected chi connectivity index (χ2v) is 3.20. The number of carbonyl (C=O) groups excluding carboxylic acids is 1. The SMILES string of the molecule is CCOC(=O)C(C#N)=C(C)c1ccccc1. The number of hydrogen-bond acceptors (Lipinski definition) is 3. The molecule has 0 fully saturated rings. The predicted octanol–water partition coefficient (Wildman–Crippen LogP) is 2.55. The van der Waals surface area contributed by atoms with Crippen LogP contribution in [-0.2, 0) is 9.53 Å². The van der Waals surface area contributed by atoms with E-state index in [1.807, 2.05) is 36.4 Å². The van der Waals surface area contributed by atoms with E-state index in [-0.39, 0.29) is 12.2 Å². The number of carbonyl (C=O) groups is 1. The Bertz CT molecular complexity index is 441. The van der Waals surface area contributed by atoms with E-state index in [4.69, 9.17) is 10.00 Å². The third kappa shape index (κ3) is 2.71. The van der Waals surface area contributed by atoms with Crippen LogP contribution in [0.15, 0.2) is 35.9 Å². The average Bonchev–Trinajstić information content (AvgIpc) is 2.31. The number of benzene rings is 1. The van der Waals surface area contributed by atoms with Crippen molar-refractivity contribution in [2.24, 2.45) is 0 Å². The van der Waals surface area contributed by atoms with Gasteiger partial charge in [0.2, 0.25) is 0 Å². The Morgan fingerprint density at radius 2 is 2.00 bits per heavy atom. The van der Waals surface area contributed by atoms with Crippen molar-refractivity contribution in [2.45, 2.75) is 13.8 Å². The number of ether oxygens (including phenoxy) is 1. The molecule has 0 spiro atoms. The minimum atomic E-state index is -0.564. The molecule has 0 aromatic heterocycles. The smallest absolute Gasteiger partial charge is 0.349 e. The molecule has 82 valence electrons. The van der Waals surface area contributed by atoms with E-state index in [9.17, 15) is 4.79 Å². The van der Waals surface area contributed by atoms with Crippen molar-refractivity contribution >= 4 is 11.5 Å². The van der Waals surface area contributed by atoms with Crippen LogP contribution in [0.2, 0.25) is 0 Å². The summed E-state index contributed by atoms with van der Waals surface area (Å²) < 4.78 is 4.82. The summed E-state index contributed by atoms with van der Waals surface area (Å²) >= 11 is 0. The van der Waals surface area contributed by atoms with Crippen LogP contribution in [0.1, 0.15) is 19.4 Å². The molecular weight excluding hydrogens is 202 g/mol. The molecule has 0 unspecified atom stereocenters. The quantitative estimate of drug-likeness (QED) is 0.442. The summed E-state index contributed by atoms with van der Waals surface area (Å²) in [5.74, 6) is -0.564. The van der Waals surface area contributed by atoms with Crippen molar-refractivity contribution in [2.75, 3.05) is 6.61 Å². The van der Waals surface area contributed by atoms with Gasteiger partial charge in [0.05, 0.1) is 6.61 Å². The first-order chi connectivity index (χ1) is 7.70. The summed E-state index contributed by atoms with van der Waals surface area (Å²) in [6.07, 6.45) is 0. The van der Waals surface area contributed by atoms with E-state index < -0.39 is 5.97 Å². The molecule has 1 rings (SSSR count). The monoisotopic (exact) mass is 215 g/mol. The number of rotatable bonds is 3. The van der Waals surface area contributed by atoms with Crippen LogP contribution in [-0.4, -0.2) is 12.6 Å². The summed E-state index contributed by atoms with van der Waals surface area (Å²) in [4.78, 5) is 11.5. The van der Waals surface area contributed by atoms with Gasteiger partial charge in [0.1, 0.15) is 11.6 Å². The summed E-state index contributed by atoms with van der Waals surface area (Å²) in [6, 6.07) is 11.2. The normalized spacial score (nSPS) is 11.3. The van der Waals surface area contributed by atoms with Crippen LogP contribution >= 0.6 is 0 Å². The first-order valence-corrected chi connectivity index (χ1v) is 5.04. The summed E-state index contributed by atoms with van der Waals surface area (Å²) in [5, 5.41) is 8.95. The molecule has 0 atom stereocenters. The highest BCUT2D eigenvalue weighted by atomic mass is 16.5. The van der Waals surface area contributed by atoms with Gasteiger partial charge in [-0.1, -0.05) is 30.3 Å². The van der Waals surface area contributed by atoms with E-state index in [0.717, 1.165) is 5.56 Å². The molecule has 0 heterocycles. The predicted molar refractivity (Wildman–Crippen MR) is 61.3 cm³/mol. The van der Waals surface area contributed by atoms with E-state index >= 15 is 0 Å². The minimum absolute atomic E-state index is 0.0630. The van der Waals surface area contributed by atoms with Crippen molar-refractivity contribution in [1.29, 1.82) is 5.26 Å². The van der Waals surface area contributed by atoms with Gasteiger partial charge in [-0.25, -0.2) is 4.79 Å². The molecule has 0 aliphatic heterocycles. The van der Waals surface area contributed by atoms with E-state index in [1.165, 1.54) is 0 Å². The second-order valence-electron chi connectivity index (χ2n) is 3.20. The lowest BCUT2D eigenvalue weighted by Gasteiger charge is -2.05. The van der Waals surface area contributed by atoms with Gasteiger partial charge in [-0.05, 0) is 25.0 Å². The number of allylic oxidation sites excluding steroid dienone is 1. The Balaban J connectivity index is 3.11. The molecular formula is C13H13NO2. The van der Waals surface area contributed by atoms with Gasteiger partial charge in [0.25, 0.3) is 0 Å². The zero-order valence-corrected chi connectivity index (χ0v) is 9.36. The largest absolute Gasteiger partial charge is 0.462 e. The molecule has 3 heteroatoms. The van der Waals surface area contributed by atoms with Crippen molar-refractivity contribution in [3.05, 3.63) is 41.5 Å². The maximum atomic E-state index is 11.5. The Morgan fingerprint density at radius 1 is 1.38 bits per heavy atom. The van der Waals surface area contributed by atoms with Crippen molar-refractivity contribution in [3.63, 3.8) is 0 Å². The Labute approximate surface area is 95.0 Å². The van der Waals surface area contributed by atoms with Gasteiger partial charge < -0.3 is 4.74 Å². The highest BCUT2D eigenvalue weighted by molar-refractivity contribution is 6.01. The Morgan fingerprint density at radius 3 is 2.50 bits per heavy atom. The van der Waals surface area contributed by atoms with Crippen LogP contribution < -0.4 is 0 Å². The van der Waals surface area contributed by atoms with Crippen molar-refractivity contribution in [3.8, 4) is 6.07 Å². The molecule has 0 radical (unpaired) electrons. The molecule has 0 aliphatic rings. The van der Waals surface area contributed by atoms with Crippen LogP contribution in [0.3, 0.4) is 0 Å². The lowest BCUT2D eigenvalue weighted by molar-refractivity contribution is -0.137. The molecule has 1 aromatic carbocycles. The van der Waals surface area contributed by atoms with Crippen LogP contribution in [0.25, 0.3) is 5.57 Å². The minimum Gasteiger partial charge on any atom is -0.462 e. The fourth-order valence-corrected chi connectivity index (χ4v) is 1.32. The standard InChI is InChI=1S/C13H13NO2/c1-3-16-13(15)12(9-14)10(2)11-7-5-4-6-8-11/h4-8H,3H2,1-2H3. The summed E-state index contributed by atoms with van der Waals surface area (Å²) in [7, 11) is 0. The van der Waals surface area contributed by atoms with E-state index in [1.54, 1.807) is 13.8 Å². The van der Waals surface area contributed by atoms with Gasteiger partial charge in [-0.15, -0.1) is 0 Å². The Kier molecular flexibility index (Phi) is 4.28. The first kappa shape index (κ1) is 12.0. The van der Waals surface area contributed by atoms with Crippen molar-refractivity contribution in [1.82, 2.24) is 0 Å². The highest BCUT2D eigenvalue weighted by Gasteiger charge is 2.14. The maximum absolute atomic E-state index is 11.5. The van der Waals surface area contributed by atoms with Crippen LogP contribution in [0, 0.1) is 11.3 Å². The van der Waals surface area contributed by atoms with E-state index in [0.29, 0.717) is 5.57 Å².